The predicted molar refractivity (Wildman–Crippen MR) is 63.2 cm³/mol. The Morgan fingerprint density at radius 2 is 2.06 bits per heavy atom. The average molecular weight is 216 g/mol. The number of hydrogen-bond donors (Lipinski definition) is 1. The number of aliphatic hydroxyl groups is 1. The van der Waals surface area contributed by atoms with Crippen LogP contribution in [-0.2, 0) is 0 Å². The van der Waals surface area contributed by atoms with Crippen molar-refractivity contribution in [3.63, 3.8) is 0 Å². The van der Waals surface area contributed by atoms with E-state index in [1.165, 1.54) is 5.56 Å². The Balaban J connectivity index is 1.94. The second-order valence-corrected chi connectivity index (χ2v) is 4.49. The Morgan fingerprint density at radius 1 is 1.25 bits per heavy atom. The Kier molecular flexibility index (Phi) is 2.40. The number of aliphatic hydroxyl groups excluding tert-OH is 1. The highest BCUT2D eigenvalue weighted by molar-refractivity contribution is 5.85. The lowest BCUT2D eigenvalue weighted by molar-refractivity contribution is 0.121. The Morgan fingerprint density at radius 3 is 2.88 bits per heavy atom. The third-order valence-corrected chi connectivity index (χ3v) is 3.42. The third-order valence-electron chi connectivity index (χ3n) is 3.42. The first-order valence-electron chi connectivity index (χ1n) is 5.91. The number of rotatable bonds is 1. The molecule has 1 saturated heterocycles. The van der Waals surface area contributed by atoms with E-state index in [9.17, 15) is 5.11 Å². The van der Waals surface area contributed by atoms with Crippen LogP contribution in [0, 0.1) is 0 Å². The van der Waals surface area contributed by atoms with Gasteiger partial charge in [0.15, 0.2) is 0 Å². The summed E-state index contributed by atoms with van der Waals surface area (Å²) in [5.41, 5.74) is 1.29. The van der Waals surface area contributed by atoms with Gasteiger partial charge in [0.05, 0.1) is 6.04 Å². The van der Waals surface area contributed by atoms with Crippen LogP contribution in [0.2, 0.25) is 0 Å². The average Bonchev–Trinajstić information content (AvgIpc) is 2.77. The maximum absolute atomic E-state index is 9.77. The van der Waals surface area contributed by atoms with Crippen molar-refractivity contribution in [1.29, 1.82) is 0 Å². The number of amidine groups is 1. The first-order valence-corrected chi connectivity index (χ1v) is 5.91. The minimum absolute atomic E-state index is 0.311. The Bertz CT molecular complexity index is 402. The molecule has 0 spiro atoms. The molecule has 2 unspecified atom stereocenters. The summed E-state index contributed by atoms with van der Waals surface area (Å²) < 4.78 is 0. The van der Waals surface area contributed by atoms with Gasteiger partial charge in [-0.25, -0.2) is 4.99 Å². The topological polar surface area (TPSA) is 35.8 Å². The van der Waals surface area contributed by atoms with Gasteiger partial charge in [-0.3, -0.25) is 0 Å². The molecular formula is C13H16N2O. The Labute approximate surface area is 95.4 Å². The maximum Gasteiger partial charge on any atom is 0.149 e. The molecule has 84 valence electrons. The molecule has 2 atom stereocenters. The highest BCUT2D eigenvalue weighted by atomic mass is 16.3. The summed E-state index contributed by atoms with van der Waals surface area (Å²) in [6, 6.07) is 10.7. The smallest absolute Gasteiger partial charge is 0.149 e. The van der Waals surface area contributed by atoms with Crippen LogP contribution in [0.15, 0.2) is 35.3 Å². The van der Waals surface area contributed by atoms with Crippen LogP contribution in [0.3, 0.4) is 0 Å². The largest absolute Gasteiger partial charge is 0.372 e. The number of benzene rings is 1. The SMILES string of the molecule is OC1CC(c2ccccc2)N2CCCC2=N1. The number of hydrogen-bond acceptors (Lipinski definition) is 3. The predicted octanol–water partition coefficient (Wildman–Crippen LogP) is 1.94. The van der Waals surface area contributed by atoms with Crippen LogP contribution >= 0.6 is 0 Å². The molecule has 3 heteroatoms. The van der Waals surface area contributed by atoms with Gasteiger partial charge in [0, 0.05) is 19.4 Å². The number of nitrogens with zero attached hydrogens (tertiary/aromatic N) is 2. The van der Waals surface area contributed by atoms with Crippen LogP contribution in [0.5, 0.6) is 0 Å². The summed E-state index contributed by atoms with van der Waals surface area (Å²) in [6.07, 6.45) is 2.37. The molecule has 1 fully saturated rings. The molecule has 0 aliphatic carbocycles. The van der Waals surface area contributed by atoms with Gasteiger partial charge in [0.1, 0.15) is 12.1 Å². The summed E-state index contributed by atoms with van der Waals surface area (Å²) in [6.45, 7) is 1.07. The van der Waals surface area contributed by atoms with E-state index in [4.69, 9.17) is 0 Å². The zero-order valence-electron chi connectivity index (χ0n) is 9.21. The highest BCUT2D eigenvalue weighted by Crippen LogP contribution is 2.34. The van der Waals surface area contributed by atoms with Crippen molar-refractivity contribution in [2.45, 2.75) is 31.5 Å². The lowest BCUT2D eigenvalue weighted by atomic mass is 10.0. The summed E-state index contributed by atoms with van der Waals surface area (Å²) in [5.74, 6) is 1.09. The van der Waals surface area contributed by atoms with Gasteiger partial charge in [0.25, 0.3) is 0 Å². The molecule has 0 aromatic heterocycles. The monoisotopic (exact) mass is 216 g/mol. The minimum atomic E-state index is -0.519. The second-order valence-electron chi connectivity index (χ2n) is 4.49. The van der Waals surface area contributed by atoms with Gasteiger partial charge in [0.2, 0.25) is 0 Å². The Hall–Kier alpha value is -1.35. The summed E-state index contributed by atoms with van der Waals surface area (Å²) in [7, 11) is 0. The lowest BCUT2D eigenvalue weighted by Crippen LogP contribution is -2.37. The lowest BCUT2D eigenvalue weighted by Gasteiger charge is -2.35. The van der Waals surface area contributed by atoms with E-state index in [1.54, 1.807) is 0 Å². The van der Waals surface area contributed by atoms with E-state index in [-0.39, 0.29) is 0 Å². The van der Waals surface area contributed by atoms with E-state index < -0.39 is 6.23 Å². The maximum atomic E-state index is 9.77. The van der Waals surface area contributed by atoms with Crippen molar-refractivity contribution in [1.82, 2.24) is 4.90 Å². The molecule has 2 aliphatic heterocycles. The van der Waals surface area contributed by atoms with Gasteiger partial charge in [-0.05, 0) is 12.0 Å². The molecule has 1 aromatic rings. The normalized spacial score (nSPS) is 28.8. The van der Waals surface area contributed by atoms with E-state index in [1.807, 2.05) is 6.07 Å². The molecule has 0 saturated carbocycles. The van der Waals surface area contributed by atoms with Gasteiger partial charge >= 0.3 is 0 Å². The molecular weight excluding hydrogens is 200 g/mol. The molecule has 2 aliphatic rings. The zero-order chi connectivity index (χ0) is 11.0. The van der Waals surface area contributed by atoms with Gasteiger partial charge < -0.3 is 10.0 Å². The van der Waals surface area contributed by atoms with Gasteiger partial charge in [-0.15, -0.1) is 0 Å². The molecule has 2 heterocycles. The van der Waals surface area contributed by atoms with Crippen molar-refractivity contribution in [3.8, 4) is 0 Å². The van der Waals surface area contributed by atoms with E-state index in [0.29, 0.717) is 12.5 Å². The fraction of sp³-hybridized carbons (Fsp3) is 0.462. The molecule has 1 N–H and O–H groups in total. The number of fused-ring (bicyclic) bond motifs is 1. The molecule has 3 rings (SSSR count). The van der Waals surface area contributed by atoms with Crippen molar-refractivity contribution < 1.29 is 5.11 Å². The summed E-state index contributed by atoms with van der Waals surface area (Å²) in [4.78, 5) is 6.67. The second kappa shape index (κ2) is 3.91. The van der Waals surface area contributed by atoms with E-state index in [0.717, 1.165) is 25.2 Å². The van der Waals surface area contributed by atoms with Crippen LogP contribution in [0.4, 0.5) is 0 Å². The minimum Gasteiger partial charge on any atom is -0.372 e. The standard InChI is InChI=1S/C13H16N2O/c16-13-9-11(10-5-2-1-3-6-10)15-8-4-7-12(15)14-13/h1-3,5-6,11,13,16H,4,7-9H2. The summed E-state index contributed by atoms with van der Waals surface area (Å²) in [5, 5.41) is 9.77. The van der Waals surface area contributed by atoms with E-state index in [2.05, 4.69) is 34.2 Å². The summed E-state index contributed by atoms with van der Waals surface area (Å²) >= 11 is 0. The fourth-order valence-electron chi connectivity index (χ4n) is 2.70. The molecule has 0 bridgehead atoms. The first-order chi connectivity index (χ1) is 7.84. The zero-order valence-corrected chi connectivity index (χ0v) is 9.21. The van der Waals surface area contributed by atoms with Crippen LogP contribution in [0.25, 0.3) is 0 Å². The molecule has 0 amide bonds. The fourth-order valence-corrected chi connectivity index (χ4v) is 2.70. The van der Waals surface area contributed by atoms with Gasteiger partial charge in [-0.1, -0.05) is 30.3 Å². The van der Waals surface area contributed by atoms with Crippen molar-refractivity contribution in [3.05, 3.63) is 35.9 Å². The van der Waals surface area contributed by atoms with Crippen molar-refractivity contribution in [2.75, 3.05) is 6.54 Å². The quantitative estimate of drug-likeness (QED) is 0.778. The molecule has 16 heavy (non-hydrogen) atoms. The first kappa shape index (κ1) is 9.85. The van der Waals surface area contributed by atoms with Crippen LogP contribution < -0.4 is 0 Å². The van der Waals surface area contributed by atoms with Crippen LogP contribution in [-0.4, -0.2) is 28.6 Å². The van der Waals surface area contributed by atoms with E-state index >= 15 is 0 Å². The molecule has 0 radical (unpaired) electrons. The third kappa shape index (κ3) is 1.61. The highest BCUT2D eigenvalue weighted by Gasteiger charge is 2.33. The molecule has 1 aromatic carbocycles. The van der Waals surface area contributed by atoms with Crippen molar-refractivity contribution >= 4 is 5.84 Å². The van der Waals surface area contributed by atoms with Crippen LogP contribution in [0.1, 0.15) is 30.9 Å². The van der Waals surface area contributed by atoms with Crippen molar-refractivity contribution in [2.24, 2.45) is 4.99 Å². The van der Waals surface area contributed by atoms with Gasteiger partial charge in [-0.2, -0.15) is 0 Å². The molecule has 3 nitrogen and oxygen atoms in total. The number of aliphatic imine (C=N–C) groups is 1.